The number of benzene rings is 1. The van der Waals surface area contributed by atoms with Crippen LogP contribution in [0.4, 0.5) is 5.69 Å². The van der Waals surface area contributed by atoms with Crippen molar-refractivity contribution in [1.29, 1.82) is 5.26 Å². The SMILES string of the molecule is Cc1c(-c2ccc3c(c2)OCO3)sc(C#N)c1N. The van der Waals surface area contributed by atoms with Crippen molar-refractivity contribution in [3.8, 4) is 28.0 Å². The smallest absolute Gasteiger partial charge is 0.231 e. The molecule has 0 bridgehead atoms. The van der Waals surface area contributed by atoms with Gasteiger partial charge in [0.05, 0.1) is 5.69 Å². The molecule has 18 heavy (non-hydrogen) atoms. The van der Waals surface area contributed by atoms with Crippen LogP contribution in [0.5, 0.6) is 11.5 Å². The maximum Gasteiger partial charge on any atom is 0.231 e. The van der Waals surface area contributed by atoms with Crippen molar-refractivity contribution >= 4 is 17.0 Å². The van der Waals surface area contributed by atoms with E-state index in [1.807, 2.05) is 25.1 Å². The summed E-state index contributed by atoms with van der Waals surface area (Å²) in [7, 11) is 0. The van der Waals surface area contributed by atoms with Gasteiger partial charge in [0.25, 0.3) is 0 Å². The third-order valence-corrected chi connectivity index (χ3v) is 4.19. The van der Waals surface area contributed by atoms with Crippen LogP contribution in [0.1, 0.15) is 10.4 Å². The van der Waals surface area contributed by atoms with Crippen LogP contribution in [-0.4, -0.2) is 6.79 Å². The Morgan fingerprint density at radius 2 is 2.11 bits per heavy atom. The van der Waals surface area contributed by atoms with E-state index in [1.165, 1.54) is 11.3 Å². The summed E-state index contributed by atoms with van der Waals surface area (Å²) in [5.41, 5.74) is 8.40. The lowest BCUT2D eigenvalue weighted by Crippen LogP contribution is -1.92. The van der Waals surface area contributed by atoms with Gasteiger partial charge in [0.15, 0.2) is 11.5 Å². The predicted octanol–water partition coefficient (Wildman–Crippen LogP) is 2.91. The summed E-state index contributed by atoms with van der Waals surface area (Å²) in [4.78, 5) is 1.56. The molecule has 3 rings (SSSR count). The van der Waals surface area contributed by atoms with Crippen LogP contribution in [0.15, 0.2) is 18.2 Å². The zero-order chi connectivity index (χ0) is 12.7. The van der Waals surface area contributed by atoms with Crippen LogP contribution in [0, 0.1) is 18.3 Å². The van der Waals surface area contributed by atoms with Crippen molar-refractivity contribution in [2.24, 2.45) is 0 Å². The molecule has 1 aromatic carbocycles. The Bertz CT molecular complexity index is 670. The summed E-state index contributed by atoms with van der Waals surface area (Å²) in [5.74, 6) is 1.49. The molecular formula is C13H10N2O2S. The van der Waals surface area contributed by atoms with E-state index in [4.69, 9.17) is 20.5 Å². The molecule has 2 heterocycles. The van der Waals surface area contributed by atoms with E-state index in [9.17, 15) is 0 Å². The minimum atomic E-state index is 0.258. The quantitative estimate of drug-likeness (QED) is 0.854. The number of fused-ring (bicyclic) bond motifs is 1. The molecule has 0 unspecified atom stereocenters. The number of nitriles is 1. The van der Waals surface area contributed by atoms with Crippen LogP contribution in [0.25, 0.3) is 10.4 Å². The lowest BCUT2D eigenvalue weighted by molar-refractivity contribution is 0.174. The standard InChI is InChI=1S/C13H10N2O2S/c1-7-12(15)11(5-14)18-13(7)8-2-3-9-10(4-8)17-6-16-9/h2-4H,6,15H2,1H3. The number of hydrogen-bond donors (Lipinski definition) is 1. The van der Waals surface area contributed by atoms with Crippen molar-refractivity contribution in [3.05, 3.63) is 28.6 Å². The summed E-state index contributed by atoms with van der Waals surface area (Å²) in [6, 6.07) is 7.86. The Kier molecular flexibility index (Phi) is 2.39. The maximum absolute atomic E-state index is 8.99. The second kappa shape index (κ2) is 3.93. The Labute approximate surface area is 108 Å². The molecule has 90 valence electrons. The highest BCUT2D eigenvalue weighted by atomic mass is 32.1. The van der Waals surface area contributed by atoms with E-state index < -0.39 is 0 Å². The minimum Gasteiger partial charge on any atom is -0.454 e. The highest BCUT2D eigenvalue weighted by Crippen LogP contribution is 2.41. The molecule has 0 saturated carbocycles. The van der Waals surface area contributed by atoms with Gasteiger partial charge in [0.2, 0.25) is 6.79 Å². The van der Waals surface area contributed by atoms with Gasteiger partial charge in [-0.3, -0.25) is 0 Å². The Morgan fingerprint density at radius 1 is 1.33 bits per heavy atom. The summed E-state index contributed by atoms with van der Waals surface area (Å²) in [6.45, 7) is 2.18. The van der Waals surface area contributed by atoms with E-state index in [1.54, 1.807) is 0 Å². The summed E-state index contributed by atoms with van der Waals surface area (Å²) in [5, 5.41) is 8.99. The van der Waals surface area contributed by atoms with Crippen LogP contribution < -0.4 is 15.2 Å². The Balaban J connectivity index is 2.13. The molecule has 0 aliphatic carbocycles. The number of nitrogens with two attached hydrogens (primary N) is 1. The Morgan fingerprint density at radius 3 is 2.83 bits per heavy atom. The van der Waals surface area contributed by atoms with Crippen molar-refractivity contribution in [2.75, 3.05) is 12.5 Å². The molecule has 2 aromatic rings. The number of anilines is 1. The molecule has 0 atom stereocenters. The monoisotopic (exact) mass is 258 g/mol. The zero-order valence-corrected chi connectivity index (χ0v) is 10.5. The van der Waals surface area contributed by atoms with E-state index in [0.29, 0.717) is 10.6 Å². The Hall–Kier alpha value is -2.19. The van der Waals surface area contributed by atoms with Crippen molar-refractivity contribution in [2.45, 2.75) is 6.92 Å². The molecule has 2 N–H and O–H groups in total. The van der Waals surface area contributed by atoms with Gasteiger partial charge in [-0.05, 0) is 36.2 Å². The van der Waals surface area contributed by atoms with Gasteiger partial charge in [0, 0.05) is 4.88 Å². The molecule has 1 aliphatic rings. The molecule has 0 fully saturated rings. The maximum atomic E-state index is 8.99. The molecule has 1 aromatic heterocycles. The van der Waals surface area contributed by atoms with E-state index >= 15 is 0 Å². The fraction of sp³-hybridized carbons (Fsp3) is 0.154. The second-order valence-corrected chi connectivity index (χ2v) is 5.00. The molecule has 0 amide bonds. The molecule has 4 nitrogen and oxygen atoms in total. The fourth-order valence-electron chi connectivity index (χ4n) is 1.92. The number of rotatable bonds is 1. The summed E-state index contributed by atoms with van der Waals surface area (Å²) in [6.07, 6.45) is 0. The molecule has 0 saturated heterocycles. The summed E-state index contributed by atoms with van der Waals surface area (Å²) < 4.78 is 10.6. The molecule has 0 radical (unpaired) electrons. The zero-order valence-electron chi connectivity index (χ0n) is 9.69. The predicted molar refractivity (Wildman–Crippen MR) is 69.7 cm³/mol. The third-order valence-electron chi connectivity index (χ3n) is 2.93. The number of nitrogens with zero attached hydrogens (tertiary/aromatic N) is 1. The fourth-order valence-corrected chi connectivity index (χ4v) is 2.94. The van der Waals surface area contributed by atoms with Gasteiger partial charge in [0.1, 0.15) is 10.9 Å². The number of hydrogen-bond acceptors (Lipinski definition) is 5. The third kappa shape index (κ3) is 1.50. The number of thiophene rings is 1. The van der Waals surface area contributed by atoms with Crippen LogP contribution in [-0.2, 0) is 0 Å². The normalized spacial score (nSPS) is 12.4. The average molecular weight is 258 g/mol. The highest BCUT2D eigenvalue weighted by Gasteiger charge is 2.18. The van der Waals surface area contributed by atoms with E-state index in [-0.39, 0.29) is 6.79 Å². The summed E-state index contributed by atoms with van der Waals surface area (Å²) >= 11 is 1.40. The first kappa shape index (κ1) is 10.9. The second-order valence-electron chi connectivity index (χ2n) is 3.98. The van der Waals surface area contributed by atoms with Gasteiger partial charge < -0.3 is 15.2 Å². The van der Waals surface area contributed by atoms with Crippen LogP contribution in [0.2, 0.25) is 0 Å². The van der Waals surface area contributed by atoms with Gasteiger partial charge in [-0.15, -0.1) is 11.3 Å². The van der Waals surface area contributed by atoms with Gasteiger partial charge in [-0.1, -0.05) is 0 Å². The van der Waals surface area contributed by atoms with Crippen LogP contribution >= 0.6 is 11.3 Å². The lowest BCUT2D eigenvalue weighted by Gasteiger charge is -2.02. The molecule has 5 heteroatoms. The first-order valence-electron chi connectivity index (χ1n) is 5.39. The first-order valence-corrected chi connectivity index (χ1v) is 6.21. The van der Waals surface area contributed by atoms with E-state index in [2.05, 4.69) is 6.07 Å². The topological polar surface area (TPSA) is 68.3 Å². The minimum absolute atomic E-state index is 0.258. The van der Waals surface area contributed by atoms with Crippen molar-refractivity contribution in [1.82, 2.24) is 0 Å². The average Bonchev–Trinajstić information content (AvgIpc) is 2.95. The van der Waals surface area contributed by atoms with Crippen molar-refractivity contribution < 1.29 is 9.47 Å². The first-order chi connectivity index (χ1) is 8.70. The molecule has 0 spiro atoms. The molecule has 1 aliphatic heterocycles. The number of ether oxygens (including phenoxy) is 2. The van der Waals surface area contributed by atoms with Gasteiger partial charge in [-0.25, -0.2) is 0 Å². The molecular weight excluding hydrogens is 248 g/mol. The van der Waals surface area contributed by atoms with Crippen molar-refractivity contribution in [3.63, 3.8) is 0 Å². The van der Waals surface area contributed by atoms with Crippen LogP contribution in [0.3, 0.4) is 0 Å². The van der Waals surface area contributed by atoms with Gasteiger partial charge in [-0.2, -0.15) is 5.26 Å². The lowest BCUT2D eigenvalue weighted by atomic mass is 10.1. The van der Waals surface area contributed by atoms with E-state index in [0.717, 1.165) is 27.5 Å². The highest BCUT2D eigenvalue weighted by molar-refractivity contribution is 7.16. The number of nitrogen functional groups attached to an aromatic ring is 1. The van der Waals surface area contributed by atoms with Gasteiger partial charge >= 0.3 is 0 Å². The largest absolute Gasteiger partial charge is 0.454 e.